The van der Waals surface area contributed by atoms with Crippen LogP contribution in [0.2, 0.25) is 0 Å². The van der Waals surface area contributed by atoms with Gasteiger partial charge >= 0.3 is 0 Å². The fourth-order valence-corrected chi connectivity index (χ4v) is 2.70. The van der Waals surface area contributed by atoms with Crippen LogP contribution in [0, 0.1) is 5.92 Å². The Balaban J connectivity index is 2.01. The van der Waals surface area contributed by atoms with E-state index in [9.17, 15) is 4.79 Å². The summed E-state index contributed by atoms with van der Waals surface area (Å²) in [6.07, 6.45) is 5.36. The van der Waals surface area contributed by atoms with Crippen molar-refractivity contribution in [2.75, 3.05) is 18.5 Å². The smallest absolute Gasteiger partial charge is 0.283 e. The van der Waals surface area contributed by atoms with Gasteiger partial charge in [0.05, 0.1) is 18.0 Å². The molecule has 1 atom stereocenters. The lowest BCUT2D eigenvalue weighted by atomic mass is 10.1. The average molecular weight is 344 g/mol. The Morgan fingerprint density at radius 2 is 2.35 bits per heavy atom. The Hall–Kier alpha value is -0.880. The van der Waals surface area contributed by atoms with E-state index in [0.717, 1.165) is 25.1 Å². The molecule has 20 heavy (non-hydrogen) atoms. The SMILES string of the molecule is CC(C)Cn1ncc(NCC2CCCCO2)c(Br)c1=O. The van der Waals surface area contributed by atoms with Crippen LogP contribution < -0.4 is 10.9 Å². The summed E-state index contributed by atoms with van der Waals surface area (Å²) in [4.78, 5) is 12.2. The van der Waals surface area contributed by atoms with Crippen LogP contribution in [-0.4, -0.2) is 29.0 Å². The zero-order chi connectivity index (χ0) is 14.5. The topological polar surface area (TPSA) is 56.1 Å². The maximum absolute atomic E-state index is 12.2. The van der Waals surface area contributed by atoms with Crippen LogP contribution >= 0.6 is 15.9 Å². The minimum atomic E-state index is -0.0896. The summed E-state index contributed by atoms with van der Waals surface area (Å²) in [5, 5.41) is 7.47. The first-order chi connectivity index (χ1) is 9.58. The molecule has 6 heteroatoms. The van der Waals surface area contributed by atoms with Crippen molar-refractivity contribution in [1.82, 2.24) is 9.78 Å². The molecule has 0 saturated carbocycles. The van der Waals surface area contributed by atoms with Gasteiger partial charge in [-0.15, -0.1) is 0 Å². The summed E-state index contributed by atoms with van der Waals surface area (Å²) in [7, 11) is 0. The maximum Gasteiger partial charge on any atom is 0.283 e. The highest BCUT2D eigenvalue weighted by atomic mass is 79.9. The second kappa shape index (κ2) is 7.22. The van der Waals surface area contributed by atoms with Gasteiger partial charge < -0.3 is 10.1 Å². The number of nitrogens with one attached hydrogen (secondary N) is 1. The zero-order valence-corrected chi connectivity index (χ0v) is 13.6. The van der Waals surface area contributed by atoms with E-state index in [1.165, 1.54) is 11.1 Å². The molecule has 1 saturated heterocycles. The van der Waals surface area contributed by atoms with E-state index in [1.807, 2.05) is 0 Å². The molecule has 1 fully saturated rings. The zero-order valence-electron chi connectivity index (χ0n) is 12.1. The molecule has 1 unspecified atom stereocenters. The van der Waals surface area contributed by atoms with Crippen molar-refractivity contribution in [1.29, 1.82) is 0 Å². The molecule has 112 valence electrons. The van der Waals surface area contributed by atoms with Gasteiger partial charge in [-0.25, -0.2) is 4.68 Å². The number of hydrogen-bond acceptors (Lipinski definition) is 4. The number of anilines is 1. The number of aromatic nitrogens is 2. The Bertz CT molecular complexity index is 496. The first kappa shape index (κ1) is 15.5. The summed E-state index contributed by atoms with van der Waals surface area (Å²) >= 11 is 3.37. The molecule has 0 radical (unpaired) electrons. The van der Waals surface area contributed by atoms with Gasteiger partial charge in [-0.3, -0.25) is 4.79 Å². The predicted molar refractivity (Wildman–Crippen MR) is 83.1 cm³/mol. The molecule has 1 aromatic heterocycles. The maximum atomic E-state index is 12.2. The molecule has 0 bridgehead atoms. The Kier molecular flexibility index (Phi) is 5.60. The summed E-state index contributed by atoms with van der Waals surface area (Å²) in [6.45, 7) is 6.31. The highest BCUT2D eigenvalue weighted by Gasteiger charge is 2.15. The second-order valence-electron chi connectivity index (χ2n) is 5.62. The largest absolute Gasteiger partial charge is 0.380 e. The van der Waals surface area contributed by atoms with Crippen LogP contribution in [0.3, 0.4) is 0 Å². The fourth-order valence-electron chi connectivity index (χ4n) is 2.26. The van der Waals surface area contributed by atoms with E-state index in [4.69, 9.17) is 4.74 Å². The van der Waals surface area contributed by atoms with Crippen molar-refractivity contribution in [2.45, 2.75) is 45.8 Å². The minimum absolute atomic E-state index is 0.0896. The highest BCUT2D eigenvalue weighted by molar-refractivity contribution is 9.10. The number of rotatable bonds is 5. The summed E-state index contributed by atoms with van der Waals surface area (Å²) < 4.78 is 7.71. The van der Waals surface area contributed by atoms with E-state index >= 15 is 0 Å². The average Bonchev–Trinajstić information content (AvgIpc) is 2.44. The van der Waals surface area contributed by atoms with Gasteiger partial charge in [-0.05, 0) is 41.1 Å². The van der Waals surface area contributed by atoms with E-state index in [1.54, 1.807) is 6.20 Å². The molecule has 0 aromatic carbocycles. The van der Waals surface area contributed by atoms with Crippen molar-refractivity contribution in [2.24, 2.45) is 5.92 Å². The number of ether oxygens (including phenoxy) is 1. The van der Waals surface area contributed by atoms with Gasteiger partial charge in [0.15, 0.2) is 0 Å². The normalized spacial score (nSPS) is 19.3. The molecule has 1 aliphatic rings. The molecule has 0 aliphatic carbocycles. The third-order valence-electron chi connectivity index (χ3n) is 3.32. The molecular weight excluding hydrogens is 322 g/mol. The molecule has 1 N–H and O–H groups in total. The molecule has 2 heterocycles. The van der Waals surface area contributed by atoms with Gasteiger partial charge in [-0.2, -0.15) is 5.10 Å². The van der Waals surface area contributed by atoms with Crippen LogP contribution in [0.4, 0.5) is 5.69 Å². The molecule has 0 amide bonds. The van der Waals surface area contributed by atoms with Gasteiger partial charge in [-0.1, -0.05) is 13.8 Å². The van der Waals surface area contributed by atoms with E-state index < -0.39 is 0 Å². The molecular formula is C14H22BrN3O2. The Morgan fingerprint density at radius 1 is 1.55 bits per heavy atom. The second-order valence-corrected chi connectivity index (χ2v) is 6.42. The quantitative estimate of drug-likeness (QED) is 0.892. The van der Waals surface area contributed by atoms with Crippen LogP contribution in [0.5, 0.6) is 0 Å². The van der Waals surface area contributed by atoms with Gasteiger partial charge in [0.25, 0.3) is 5.56 Å². The van der Waals surface area contributed by atoms with E-state index in [2.05, 4.69) is 40.2 Å². The third kappa shape index (κ3) is 4.06. The first-order valence-corrected chi connectivity index (χ1v) is 7.98. The summed E-state index contributed by atoms with van der Waals surface area (Å²) in [6, 6.07) is 0. The van der Waals surface area contributed by atoms with Crippen LogP contribution in [0.25, 0.3) is 0 Å². The first-order valence-electron chi connectivity index (χ1n) is 7.19. The van der Waals surface area contributed by atoms with E-state index in [-0.39, 0.29) is 11.7 Å². The number of nitrogens with zero attached hydrogens (tertiary/aromatic N) is 2. The molecule has 2 rings (SSSR count). The minimum Gasteiger partial charge on any atom is -0.380 e. The van der Waals surface area contributed by atoms with Crippen LogP contribution in [-0.2, 0) is 11.3 Å². The number of halogens is 1. The lowest BCUT2D eigenvalue weighted by molar-refractivity contribution is 0.0247. The van der Waals surface area contributed by atoms with Gasteiger partial charge in [0.2, 0.25) is 0 Å². The fraction of sp³-hybridized carbons (Fsp3) is 0.714. The molecule has 1 aromatic rings. The van der Waals surface area contributed by atoms with Crippen LogP contribution in [0.15, 0.2) is 15.5 Å². The lowest BCUT2D eigenvalue weighted by Crippen LogP contribution is -2.29. The monoisotopic (exact) mass is 343 g/mol. The highest BCUT2D eigenvalue weighted by Crippen LogP contribution is 2.18. The van der Waals surface area contributed by atoms with Crippen LogP contribution in [0.1, 0.15) is 33.1 Å². The predicted octanol–water partition coefficient (Wildman–Crippen LogP) is 2.64. The Morgan fingerprint density at radius 3 is 3.00 bits per heavy atom. The summed E-state index contributed by atoms with van der Waals surface area (Å²) in [5.74, 6) is 0.390. The standard InChI is InChI=1S/C14H22BrN3O2/c1-10(2)9-18-14(19)13(15)12(8-17-18)16-7-11-5-3-4-6-20-11/h8,10-11,16H,3-7,9H2,1-2H3. The van der Waals surface area contributed by atoms with E-state index in [0.29, 0.717) is 23.5 Å². The molecule has 1 aliphatic heterocycles. The van der Waals surface area contributed by atoms with Crippen molar-refractivity contribution in [3.8, 4) is 0 Å². The van der Waals surface area contributed by atoms with Crippen molar-refractivity contribution < 1.29 is 4.74 Å². The van der Waals surface area contributed by atoms with Crippen molar-refractivity contribution >= 4 is 21.6 Å². The number of hydrogen-bond donors (Lipinski definition) is 1. The molecule has 5 nitrogen and oxygen atoms in total. The van der Waals surface area contributed by atoms with Crippen molar-refractivity contribution in [3.63, 3.8) is 0 Å². The molecule has 0 spiro atoms. The Labute approximate surface area is 127 Å². The van der Waals surface area contributed by atoms with Gasteiger partial charge in [0.1, 0.15) is 4.47 Å². The lowest BCUT2D eigenvalue weighted by Gasteiger charge is -2.23. The van der Waals surface area contributed by atoms with Gasteiger partial charge in [0, 0.05) is 19.7 Å². The third-order valence-corrected chi connectivity index (χ3v) is 4.08. The van der Waals surface area contributed by atoms with Crippen molar-refractivity contribution in [3.05, 3.63) is 21.0 Å². The summed E-state index contributed by atoms with van der Waals surface area (Å²) in [5.41, 5.74) is 0.650.